The standard InChI is InChI=1S/C16H19NO2/c1-16(2)9-14(18)10-17(16)15(19)13-7-6-11-4-3-5-12(11)8-13/h6-8H,3-5,9-10H2,1-2H3. The van der Waals surface area contributed by atoms with Crippen LogP contribution in [0, 0.1) is 0 Å². The largest absolute Gasteiger partial charge is 0.326 e. The van der Waals surface area contributed by atoms with Crippen LogP contribution in [0.4, 0.5) is 0 Å². The topological polar surface area (TPSA) is 37.4 Å². The van der Waals surface area contributed by atoms with Crippen molar-refractivity contribution in [1.82, 2.24) is 4.90 Å². The van der Waals surface area contributed by atoms with E-state index in [9.17, 15) is 9.59 Å². The van der Waals surface area contributed by atoms with E-state index in [1.54, 1.807) is 4.90 Å². The Labute approximate surface area is 113 Å². The van der Waals surface area contributed by atoms with Gasteiger partial charge in [-0.3, -0.25) is 9.59 Å². The highest BCUT2D eigenvalue weighted by Crippen LogP contribution is 2.29. The highest BCUT2D eigenvalue weighted by atomic mass is 16.2. The summed E-state index contributed by atoms with van der Waals surface area (Å²) in [6.45, 7) is 4.18. The zero-order chi connectivity index (χ0) is 13.6. The Morgan fingerprint density at radius 3 is 2.63 bits per heavy atom. The fourth-order valence-corrected chi connectivity index (χ4v) is 3.23. The van der Waals surface area contributed by atoms with Crippen molar-refractivity contribution < 1.29 is 9.59 Å². The second-order valence-corrected chi connectivity index (χ2v) is 6.26. The number of ketones is 1. The van der Waals surface area contributed by atoms with Crippen molar-refractivity contribution >= 4 is 11.7 Å². The van der Waals surface area contributed by atoms with Gasteiger partial charge in [-0.1, -0.05) is 6.07 Å². The molecule has 0 aromatic heterocycles. The number of likely N-dealkylation sites (tertiary alicyclic amines) is 1. The van der Waals surface area contributed by atoms with E-state index in [4.69, 9.17) is 0 Å². The Kier molecular flexibility index (Phi) is 2.73. The predicted octanol–water partition coefficient (Wildman–Crippen LogP) is 2.37. The summed E-state index contributed by atoms with van der Waals surface area (Å²) in [6.07, 6.45) is 3.83. The van der Waals surface area contributed by atoms with Gasteiger partial charge in [-0.15, -0.1) is 0 Å². The lowest BCUT2D eigenvalue weighted by Gasteiger charge is -2.30. The Balaban J connectivity index is 1.90. The minimum Gasteiger partial charge on any atom is -0.326 e. The fourth-order valence-electron chi connectivity index (χ4n) is 3.23. The van der Waals surface area contributed by atoms with E-state index in [1.165, 1.54) is 17.5 Å². The number of carbonyl (C=O) groups excluding carboxylic acids is 2. The molecule has 3 heteroatoms. The van der Waals surface area contributed by atoms with Gasteiger partial charge in [-0.25, -0.2) is 0 Å². The molecule has 0 N–H and O–H groups in total. The van der Waals surface area contributed by atoms with Crippen LogP contribution in [0.15, 0.2) is 18.2 Å². The molecule has 2 aliphatic rings. The summed E-state index contributed by atoms with van der Waals surface area (Å²) in [5.74, 6) is 0.144. The number of hydrogen-bond donors (Lipinski definition) is 0. The molecule has 1 aromatic carbocycles. The van der Waals surface area contributed by atoms with Gasteiger partial charge >= 0.3 is 0 Å². The average Bonchev–Trinajstić information content (AvgIpc) is 2.90. The summed E-state index contributed by atoms with van der Waals surface area (Å²) in [4.78, 5) is 25.9. The molecule has 0 bridgehead atoms. The lowest BCUT2D eigenvalue weighted by molar-refractivity contribution is -0.116. The Bertz CT molecular complexity index is 560. The van der Waals surface area contributed by atoms with Crippen LogP contribution in [-0.4, -0.2) is 28.7 Å². The highest BCUT2D eigenvalue weighted by molar-refractivity contribution is 5.99. The van der Waals surface area contributed by atoms with Crippen LogP contribution in [0.5, 0.6) is 0 Å². The normalized spacial score (nSPS) is 20.7. The molecule has 0 radical (unpaired) electrons. The van der Waals surface area contributed by atoms with E-state index in [0.29, 0.717) is 6.42 Å². The molecule has 3 nitrogen and oxygen atoms in total. The number of Topliss-reactive ketones (excluding diaryl/α,β-unsaturated/α-hetero) is 1. The van der Waals surface area contributed by atoms with Crippen molar-refractivity contribution in [2.45, 2.75) is 45.1 Å². The first-order chi connectivity index (χ1) is 8.97. The summed E-state index contributed by atoms with van der Waals surface area (Å²) in [5.41, 5.74) is 3.04. The van der Waals surface area contributed by atoms with Crippen LogP contribution in [-0.2, 0) is 17.6 Å². The predicted molar refractivity (Wildman–Crippen MR) is 73.2 cm³/mol. The molecule has 1 amide bonds. The molecule has 1 aromatic rings. The zero-order valence-electron chi connectivity index (χ0n) is 11.5. The first-order valence-electron chi connectivity index (χ1n) is 6.93. The molecule has 0 unspecified atom stereocenters. The third kappa shape index (κ3) is 2.07. The lowest BCUT2D eigenvalue weighted by atomic mass is 10.00. The Hall–Kier alpha value is -1.64. The van der Waals surface area contributed by atoms with E-state index < -0.39 is 0 Å². The molecule has 1 saturated heterocycles. The van der Waals surface area contributed by atoms with Gasteiger partial charge in [0.2, 0.25) is 0 Å². The minimum atomic E-state index is -0.354. The summed E-state index contributed by atoms with van der Waals surface area (Å²) >= 11 is 0. The Morgan fingerprint density at radius 1 is 1.21 bits per heavy atom. The van der Waals surface area contributed by atoms with Crippen molar-refractivity contribution in [2.24, 2.45) is 0 Å². The van der Waals surface area contributed by atoms with Crippen LogP contribution >= 0.6 is 0 Å². The van der Waals surface area contributed by atoms with Crippen molar-refractivity contribution in [3.05, 3.63) is 34.9 Å². The van der Waals surface area contributed by atoms with Gasteiger partial charge in [0.15, 0.2) is 5.78 Å². The monoisotopic (exact) mass is 257 g/mol. The third-order valence-electron chi connectivity index (χ3n) is 4.29. The third-order valence-corrected chi connectivity index (χ3v) is 4.29. The number of benzene rings is 1. The van der Waals surface area contributed by atoms with E-state index in [-0.39, 0.29) is 23.8 Å². The van der Waals surface area contributed by atoms with Gasteiger partial charge in [-0.2, -0.15) is 0 Å². The number of fused-ring (bicyclic) bond motifs is 1. The van der Waals surface area contributed by atoms with Crippen LogP contribution in [0.2, 0.25) is 0 Å². The maximum absolute atomic E-state index is 12.6. The maximum Gasteiger partial charge on any atom is 0.254 e. The maximum atomic E-state index is 12.6. The molecule has 1 aliphatic carbocycles. The van der Waals surface area contributed by atoms with Crippen LogP contribution in [0.3, 0.4) is 0 Å². The second-order valence-electron chi connectivity index (χ2n) is 6.26. The number of hydrogen-bond acceptors (Lipinski definition) is 2. The van der Waals surface area contributed by atoms with E-state index in [2.05, 4.69) is 6.07 Å². The summed E-state index contributed by atoms with van der Waals surface area (Å²) < 4.78 is 0. The molecular weight excluding hydrogens is 238 g/mol. The average molecular weight is 257 g/mol. The number of rotatable bonds is 1. The number of nitrogens with zero attached hydrogens (tertiary/aromatic N) is 1. The molecule has 100 valence electrons. The Morgan fingerprint density at radius 2 is 1.95 bits per heavy atom. The number of carbonyl (C=O) groups is 2. The number of amides is 1. The van der Waals surface area contributed by atoms with Crippen LogP contribution < -0.4 is 0 Å². The molecule has 0 spiro atoms. The zero-order valence-corrected chi connectivity index (χ0v) is 11.5. The van der Waals surface area contributed by atoms with E-state index in [1.807, 2.05) is 26.0 Å². The lowest BCUT2D eigenvalue weighted by Crippen LogP contribution is -2.42. The minimum absolute atomic E-state index is 0.00875. The van der Waals surface area contributed by atoms with Crippen molar-refractivity contribution in [2.75, 3.05) is 6.54 Å². The quantitative estimate of drug-likeness (QED) is 0.774. The van der Waals surface area contributed by atoms with Gasteiger partial charge in [0.05, 0.1) is 6.54 Å². The van der Waals surface area contributed by atoms with Crippen LogP contribution in [0.25, 0.3) is 0 Å². The first kappa shape index (κ1) is 12.4. The SMILES string of the molecule is CC1(C)CC(=O)CN1C(=O)c1ccc2c(c1)CCC2. The second kappa shape index (κ2) is 4.19. The molecule has 19 heavy (non-hydrogen) atoms. The van der Waals surface area contributed by atoms with Gasteiger partial charge in [-0.05, 0) is 56.4 Å². The molecule has 1 fully saturated rings. The summed E-state index contributed by atoms with van der Waals surface area (Å²) in [7, 11) is 0. The van der Waals surface area contributed by atoms with Crippen molar-refractivity contribution in [3.63, 3.8) is 0 Å². The molecular formula is C16H19NO2. The summed E-state index contributed by atoms with van der Waals surface area (Å²) in [6, 6.07) is 6.00. The van der Waals surface area contributed by atoms with Gasteiger partial charge in [0.1, 0.15) is 0 Å². The highest BCUT2D eigenvalue weighted by Gasteiger charge is 2.40. The smallest absolute Gasteiger partial charge is 0.254 e. The van der Waals surface area contributed by atoms with Crippen LogP contribution in [0.1, 0.15) is 48.2 Å². The molecule has 0 saturated carbocycles. The molecule has 3 rings (SSSR count). The fraction of sp³-hybridized carbons (Fsp3) is 0.500. The van der Waals surface area contributed by atoms with E-state index >= 15 is 0 Å². The molecule has 1 heterocycles. The van der Waals surface area contributed by atoms with Gasteiger partial charge in [0.25, 0.3) is 5.91 Å². The first-order valence-corrected chi connectivity index (χ1v) is 6.93. The van der Waals surface area contributed by atoms with Gasteiger partial charge < -0.3 is 4.90 Å². The van der Waals surface area contributed by atoms with Crippen molar-refractivity contribution in [1.29, 1.82) is 0 Å². The molecule has 1 aliphatic heterocycles. The molecule has 0 atom stereocenters. The number of aryl methyl sites for hydroxylation is 2. The van der Waals surface area contributed by atoms with E-state index in [0.717, 1.165) is 18.4 Å². The van der Waals surface area contributed by atoms with Crippen molar-refractivity contribution in [3.8, 4) is 0 Å². The van der Waals surface area contributed by atoms with Gasteiger partial charge in [0, 0.05) is 17.5 Å². The summed E-state index contributed by atoms with van der Waals surface area (Å²) in [5, 5.41) is 0.